The number of imide groups is 1. The SMILES string of the molecule is O=C(C[C@H]1SC(=O)N(c2ccccc2)C1=O)Nc1ccccn1. The molecule has 1 aromatic carbocycles. The van der Waals surface area contributed by atoms with Crippen LogP contribution in [0.4, 0.5) is 16.3 Å². The number of aromatic nitrogens is 1. The molecule has 1 aliphatic rings. The molecule has 1 fully saturated rings. The summed E-state index contributed by atoms with van der Waals surface area (Å²) >= 11 is 0.872. The summed E-state index contributed by atoms with van der Waals surface area (Å²) in [5.74, 6) is -0.307. The number of benzene rings is 1. The molecule has 6 nitrogen and oxygen atoms in total. The second-order valence-electron chi connectivity index (χ2n) is 4.85. The first kappa shape index (κ1) is 15.2. The van der Waals surface area contributed by atoms with Gasteiger partial charge in [0.1, 0.15) is 11.1 Å². The van der Waals surface area contributed by atoms with Gasteiger partial charge in [0, 0.05) is 12.6 Å². The van der Waals surface area contributed by atoms with Gasteiger partial charge in [-0.05, 0) is 36.0 Å². The molecule has 0 aliphatic carbocycles. The number of nitrogens with one attached hydrogen (secondary N) is 1. The fraction of sp³-hybridized carbons (Fsp3) is 0.125. The number of hydrogen-bond acceptors (Lipinski definition) is 5. The van der Waals surface area contributed by atoms with Gasteiger partial charge in [-0.2, -0.15) is 0 Å². The van der Waals surface area contributed by atoms with E-state index in [1.165, 1.54) is 0 Å². The van der Waals surface area contributed by atoms with Crippen LogP contribution in [-0.2, 0) is 9.59 Å². The standard InChI is InChI=1S/C16H13N3O3S/c20-14(18-13-8-4-5-9-17-13)10-12-15(21)19(16(22)23-12)11-6-2-1-3-7-11/h1-9,12H,10H2,(H,17,18,20)/t12-/m1/s1. The van der Waals surface area contributed by atoms with Crippen LogP contribution < -0.4 is 10.2 Å². The Bertz CT molecular complexity index is 737. The summed E-state index contributed by atoms with van der Waals surface area (Å²) in [6, 6.07) is 13.8. The van der Waals surface area contributed by atoms with E-state index in [1.807, 2.05) is 0 Å². The molecule has 2 heterocycles. The number of para-hydroxylation sites is 1. The molecule has 2 aromatic rings. The van der Waals surface area contributed by atoms with Crippen molar-refractivity contribution in [1.82, 2.24) is 4.98 Å². The second kappa shape index (κ2) is 6.62. The predicted octanol–water partition coefficient (Wildman–Crippen LogP) is 2.68. The van der Waals surface area contributed by atoms with E-state index in [0.29, 0.717) is 11.5 Å². The topological polar surface area (TPSA) is 79.4 Å². The molecular formula is C16H13N3O3S. The first-order valence-electron chi connectivity index (χ1n) is 6.95. The third-order valence-electron chi connectivity index (χ3n) is 3.24. The second-order valence-corrected chi connectivity index (χ2v) is 6.00. The Morgan fingerprint density at radius 3 is 2.57 bits per heavy atom. The monoisotopic (exact) mass is 327 g/mol. The van der Waals surface area contributed by atoms with Crippen LogP contribution in [0.2, 0.25) is 0 Å². The quantitative estimate of drug-likeness (QED) is 0.934. The average molecular weight is 327 g/mol. The van der Waals surface area contributed by atoms with Crippen LogP contribution in [0, 0.1) is 0 Å². The zero-order valence-electron chi connectivity index (χ0n) is 12.0. The van der Waals surface area contributed by atoms with E-state index >= 15 is 0 Å². The van der Waals surface area contributed by atoms with Gasteiger partial charge in [-0.3, -0.25) is 14.4 Å². The summed E-state index contributed by atoms with van der Waals surface area (Å²) < 4.78 is 0. The lowest BCUT2D eigenvalue weighted by Crippen LogP contribution is -2.32. The van der Waals surface area contributed by atoms with Crippen molar-refractivity contribution in [2.24, 2.45) is 0 Å². The van der Waals surface area contributed by atoms with E-state index in [2.05, 4.69) is 10.3 Å². The van der Waals surface area contributed by atoms with Gasteiger partial charge in [0.25, 0.3) is 5.24 Å². The number of amides is 3. The third kappa shape index (κ3) is 3.40. The van der Waals surface area contributed by atoms with Crippen LogP contribution in [-0.4, -0.2) is 27.3 Å². The Morgan fingerprint density at radius 2 is 1.87 bits per heavy atom. The molecule has 1 saturated heterocycles. The molecule has 1 atom stereocenters. The Morgan fingerprint density at radius 1 is 1.13 bits per heavy atom. The molecule has 0 unspecified atom stereocenters. The largest absolute Gasteiger partial charge is 0.311 e. The van der Waals surface area contributed by atoms with Crippen molar-refractivity contribution in [2.45, 2.75) is 11.7 Å². The fourth-order valence-electron chi connectivity index (χ4n) is 2.20. The van der Waals surface area contributed by atoms with Crippen LogP contribution in [0.1, 0.15) is 6.42 Å². The van der Waals surface area contributed by atoms with Crippen LogP contribution in [0.5, 0.6) is 0 Å². The summed E-state index contributed by atoms with van der Waals surface area (Å²) in [6.45, 7) is 0. The van der Waals surface area contributed by atoms with Crippen LogP contribution in [0.3, 0.4) is 0 Å². The number of rotatable bonds is 4. The molecule has 0 spiro atoms. The molecule has 3 amide bonds. The lowest BCUT2D eigenvalue weighted by Gasteiger charge is -2.13. The highest BCUT2D eigenvalue weighted by molar-refractivity contribution is 8.15. The lowest BCUT2D eigenvalue weighted by atomic mass is 10.2. The van der Waals surface area contributed by atoms with Crippen LogP contribution in [0.15, 0.2) is 54.7 Å². The highest BCUT2D eigenvalue weighted by atomic mass is 32.2. The van der Waals surface area contributed by atoms with Gasteiger partial charge in [0.05, 0.1) is 5.69 Å². The number of anilines is 2. The molecule has 0 radical (unpaired) electrons. The van der Waals surface area contributed by atoms with Crippen molar-refractivity contribution in [1.29, 1.82) is 0 Å². The molecule has 0 bridgehead atoms. The maximum atomic E-state index is 12.4. The Kier molecular flexibility index (Phi) is 4.38. The van der Waals surface area contributed by atoms with E-state index in [4.69, 9.17) is 0 Å². The maximum absolute atomic E-state index is 12.4. The van der Waals surface area contributed by atoms with Gasteiger partial charge in [-0.25, -0.2) is 9.88 Å². The smallest absolute Gasteiger partial charge is 0.293 e. The number of nitrogens with zero attached hydrogens (tertiary/aromatic N) is 2. The summed E-state index contributed by atoms with van der Waals surface area (Å²) in [4.78, 5) is 41.6. The van der Waals surface area contributed by atoms with Gasteiger partial charge < -0.3 is 5.32 Å². The minimum absolute atomic E-state index is 0.0743. The predicted molar refractivity (Wildman–Crippen MR) is 88.2 cm³/mol. The van der Waals surface area contributed by atoms with Crippen molar-refractivity contribution in [3.8, 4) is 0 Å². The van der Waals surface area contributed by atoms with Crippen LogP contribution in [0.25, 0.3) is 0 Å². The fourth-order valence-corrected chi connectivity index (χ4v) is 3.18. The average Bonchev–Trinajstić information content (AvgIpc) is 2.83. The number of thioether (sulfide) groups is 1. The van der Waals surface area contributed by atoms with Gasteiger partial charge in [0.15, 0.2) is 0 Å². The van der Waals surface area contributed by atoms with Crippen molar-refractivity contribution in [2.75, 3.05) is 10.2 Å². The summed E-state index contributed by atoms with van der Waals surface area (Å²) in [7, 11) is 0. The molecule has 0 saturated carbocycles. The Hall–Kier alpha value is -2.67. The number of hydrogen-bond donors (Lipinski definition) is 1. The molecule has 1 aliphatic heterocycles. The first-order valence-corrected chi connectivity index (χ1v) is 7.83. The van der Waals surface area contributed by atoms with Crippen LogP contribution >= 0.6 is 11.8 Å². The first-order chi connectivity index (χ1) is 11.1. The molecule has 23 heavy (non-hydrogen) atoms. The van der Waals surface area contributed by atoms with E-state index < -0.39 is 5.25 Å². The normalized spacial score (nSPS) is 17.4. The van der Waals surface area contributed by atoms with Gasteiger partial charge in [0.2, 0.25) is 11.8 Å². The van der Waals surface area contributed by atoms with Crippen molar-refractivity contribution >= 4 is 40.3 Å². The van der Waals surface area contributed by atoms with Gasteiger partial charge in [-0.15, -0.1) is 0 Å². The number of carbonyl (C=O) groups excluding carboxylic acids is 3. The third-order valence-corrected chi connectivity index (χ3v) is 4.28. The minimum atomic E-state index is -0.716. The molecule has 116 valence electrons. The molecule has 1 N–H and O–H groups in total. The number of carbonyl (C=O) groups is 3. The zero-order valence-corrected chi connectivity index (χ0v) is 12.8. The molecular weight excluding hydrogens is 314 g/mol. The summed E-state index contributed by atoms with van der Waals surface area (Å²) in [5.41, 5.74) is 0.516. The molecule has 1 aromatic heterocycles. The summed E-state index contributed by atoms with van der Waals surface area (Å²) in [5, 5.41) is 1.53. The zero-order chi connectivity index (χ0) is 16.2. The highest BCUT2D eigenvalue weighted by Crippen LogP contribution is 2.33. The van der Waals surface area contributed by atoms with E-state index in [9.17, 15) is 14.4 Å². The lowest BCUT2D eigenvalue weighted by molar-refractivity contribution is -0.121. The van der Waals surface area contributed by atoms with Crippen molar-refractivity contribution < 1.29 is 14.4 Å². The highest BCUT2D eigenvalue weighted by Gasteiger charge is 2.41. The summed E-state index contributed by atoms with van der Waals surface area (Å²) in [6.07, 6.45) is 1.49. The minimum Gasteiger partial charge on any atom is -0.311 e. The Labute approximate surface area is 136 Å². The number of pyridine rings is 1. The van der Waals surface area contributed by atoms with E-state index in [0.717, 1.165) is 16.7 Å². The van der Waals surface area contributed by atoms with Crippen molar-refractivity contribution in [3.63, 3.8) is 0 Å². The van der Waals surface area contributed by atoms with E-state index in [-0.39, 0.29) is 23.5 Å². The Balaban J connectivity index is 1.67. The van der Waals surface area contributed by atoms with Crippen molar-refractivity contribution in [3.05, 3.63) is 54.7 Å². The van der Waals surface area contributed by atoms with E-state index in [1.54, 1.807) is 54.7 Å². The maximum Gasteiger partial charge on any atom is 0.293 e. The molecule has 3 rings (SSSR count). The molecule has 7 heteroatoms. The van der Waals surface area contributed by atoms with Gasteiger partial charge >= 0.3 is 0 Å². The van der Waals surface area contributed by atoms with Gasteiger partial charge in [-0.1, -0.05) is 24.3 Å².